The van der Waals surface area contributed by atoms with Gasteiger partial charge in [-0.3, -0.25) is 0 Å². The summed E-state index contributed by atoms with van der Waals surface area (Å²) in [5.41, 5.74) is 0. The highest BCUT2D eigenvalue weighted by Gasteiger charge is 2.28. The third kappa shape index (κ3) is 11.5. The molecule has 0 saturated carbocycles. The number of hydrogen-bond acceptors (Lipinski definition) is 1. The molecule has 0 heterocycles. The van der Waals surface area contributed by atoms with E-state index in [1.54, 1.807) is 0 Å². The first-order valence-electron chi connectivity index (χ1n) is 2.16. The Labute approximate surface area is 57.3 Å². The lowest BCUT2D eigenvalue weighted by Gasteiger charge is -2.06. The zero-order valence-electron chi connectivity index (χ0n) is 4.77. The van der Waals surface area contributed by atoms with Crippen molar-refractivity contribution in [1.29, 1.82) is 0 Å². The van der Waals surface area contributed by atoms with Crippen molar-refractivity contribution < 1.29 is 18.3 Å². The van der Waals surface area contributed by atoms with Crippen molar-refractivity contribution in [3.63, 3.8) is 0 Å². The second-order valence-electron chi connectivity index (χ2n) is 1.67. The van der Waals surface area contributed by atoms with E-state index >= 15 is 0 Å². The van der Waals surface area contributed by atoms with Crippen molar-refractivity contribution in [1.82, 2.24) is 0 Å². The number of rotatable bonds is 1. The Balaban J connectivity index is 0. The van der Waals surface area contributed by atoms with Crippen LogP contribution in [0.15, 0.2) is 0 Å². The third-order valence-electron chi connectivity index (χ3n) is 0.527. The molecule has 0 amide bonds. The van der Waals surface area contributed by atoms with Gasteiger partial charge >= 0.3 is 6.18 Å². The minimum atomic E-state index is -4.23. The van der Waals surface area contributed by atoms with Crippen LogP contribution in [-0.4, -0.2) is 17.4 Å². The van der Waals surface area contributed by atoms with Crippen LogP contribution in [-0.2, 0) is 0 Å². The maximum absolute atomic E-state index is 11.1. The summed E-state index contributed by atoms with van der Waals surface area (Å²) in [4.78, 5) is 0. The van der Waals surface area contributed by atoms with Gasteiger partial charge in [-0.2, -0.15) is 13.2 Å². The van der Waals surface area contributed by atoms with Crippen molar-refractivity contribution in [2.45, 2.75) is 25.6 Å². The van der Waals surface area contributed by atoms with Crippen LogP contribution in [0.5, 0.6) is 0 Å². The zero-order chi connectivity index (χ0) is 6.78. The zero-order valence-corrected chi connectivity index (χ0v) is 5.59. The van der Waals surface area contributed by atoms with Gasteiger partial charge in [-0.05, 0) is 6.92 Å². The Morgan fingerprint density at radius 2 is 1.78 bits per heavy atom. The number of aliphatic hydroxyl groups excluding tert-OH is 1. The molecule has 0 aliphatic rings. The summed E-state index contributed by atoms with van der Waals surface area (Å²) in [6, 6.07) is 0. The standard InChI is InChI=1S/C4H7F3O.ClH/c1-3(8)2-4(5,6)7;/h3,8H,2H2,1H3;1H. The highest BCUT2D eigenvalue weighted by Crippen LogP contribution is 2.20. The van der Waals surface area contributed by atoms with Gasteiger partial charge in [0.05, 0.1) is 12.5 Å². The maximum Gasteiger partial charge on any atom is 0.391 e. The summed E-state index contributed by atoms with van der Waals surface area (Å²) in [7, 11) is 0. The molecule has 0 aliphatic heterocycles. The number of aliphatic hydroxyl groups is 1. The van der Waals surface area contributed by atoms with Gasteiger partial charge in [-0.15, -0.1) is 12.4 Å². The quantitative estimate of drug-likeness (QED) is 0.626. The fraction of sp³-hybridized carbons (Fsp3) is 1.00. The Bertz CT molecular complexity index is 70.7. The molecular formula is C4H8ClF3O. The van der Waals surface area contributed by atoms with Gasteiger partial charge in [0.15, 0.2) is 0 Å². The molecule has 0 aromatic rings. The van der Waals surface area contributed by atoms with E-state index in [-0.39, 0.29) is 12.4 Å². The smallest absolute Gasteiger partial charge is 0.391 e. The lowest BCUT2D eigenvalue weighted by atomic mass is 10.3. The van der Waals surface area contributed by atoms with Gasteiger partial charge in [-0.25, -0.2) is 0 Å². The first-order chi connectivity index (χ1) is 3.42. The van der Waals surface area contributed by atoms with E-state index in [9.17, 15) is 13.2 Å². The Morgan fingerprint density at radius 1 is 1.44 bits per heavy atom. The van der Waals surface area contributed by atoms with E-state index in [4.69, 9.17) is 5.11 Å². The molecule has 0 fully saturated rings. The van der Waals surface area contributed by atoms with Crippen molar-refractivity contribution in [2.24, 2.45) is 0 Å². The molecule has 1 N–H and O–H groups in total. The van der Waals surface area contributed by atoms with E-state index in [0.29, 0.717) is 0 Å². The molecule has 0 aliphatic carbocycles. The highest BCUT2D eigenvalue weighted by atomic mass is 35.5. The largest absolute Gasteiger partial charge is 0.393 e. The van der Waals surface area contributed by atoms with Crippen LogP contribution in [0.4, 0.5) is 13.2 Å². The van der Waals surface area contributed by atoms with Crippen LogP contribution in [0, 0.1) is 0 Å². The molecule has 0 aromatic heterocycles. The fourth-order valence-electron chi connectivity index (χ4n) is 0.335. The lowest BCUT2D eigenvalue weighted by Crippen LogP contribution is -2.15. The van der Waals surface area contributed by atoms with Crippen LogP contribution in [0.25, 0.3) is 0 Å². The van der Waals surface area contributed by atoms with E-state index in [1.165, 1.54) is 0 Å². The summed E-state index contributed by atoms with van der Waals surface area (Å²) in [6.07, 6.45) is -6.63. The lowest BCUT2D eigenvalue weighted by molar-refractivity contribution is -0.151. The molecule has 1 unspecified atom stereocenters. The minimum Gasteiger partial charge on any atom is -0.393 e. The van der Waals surface area contributed by atoms with Gasteiger partial charge < -0.3 is 5.11 Å². The molecular weight excluding hydrogens is 156 g/mol. The molecule has 0 spiro atoms. The van der Waals surface area contributed by atoms with E-state index < -0.39 is 18.7 Å². The maximum atomic E-state index is 11.1. The van der Waals surface area contributed by atoms with Gasteiger partial charge in [0.2, 0.25) is 0 Å². The van der Waals surface area contributed by atoms with Crippen LogP contribution in [0.1, 0.15) is 13.3 Å². The van der Waals surface area contributed by atoms with Crippen LogP contribution in [0.2, 0.25) is 0 Å². The molecule has 0 radical (unpaired) electrons. The normalized spacial score (nSPS) is 14.3. The van der Waals surface area contributed by atoms with Crippen LogP contribution in [0.3, 0.4) is 0 Å². The third-order valence-corrected chi connectivity index (χ3v) is 0.527. The molecule has 5 heteroatoms. The topological polar surface area (TPSA) is 20.2 Å². The SMILES string of the molecule is CC(O)CC(F)(F)F.Cl. The summed E-state index contributed by atoms with van der Waals surface area (Å²) in [5, 5.41) is 8.17. The molecule has 9 heavy (non-hydrogen) atoms. The summed E-state index contributed by atoms with van der Waals surface area (Å²) < 4.78 is 33.4. The van der Waals surface area contributed by atoms with Gasteiger partial charge in [0, 0.05) is 0 Å². The second-order valence-corrected chi connectivity index (χ2v) is 1.67. The van der Waals surface area contributed by atoms with Gasteiger partial charge in [-0.1, -0.05) is 0 Å². The van der Waals surface area contributed by atoms with Crippen LogP contribution < -0.4 is 0 Å². The number of alkyl halides is 3. The average molecular weight is 165 g/mol. The minimum absolute atomic E-state index is 0. The number of hydrogen-bond donors (Lipinski definition) is 1. The summed E-state index contributed by atoms with van der Waals surface area (Å²) in [6.45, 7) is 1.10. The van der Waals surface area contributed by atoms with Crippen molar-refractivity contribution >= 4 is 12.4 Å². The predicted octanol–water partition coefficient (Wildman–Crippen LogP) is 1.74. The fourth-order valence-corrected chi connectivity index (χ4v) is 0.335. The first kappa shape index (κ1) is 11.8. The van der Waals surface area contributed by atoms with Crippen molar-refractivity contribution in [2.75, 3.05) is 0 Å². The van der Waals surface area contributed by atoms with Crippen molar-refractivity contribution in [3.8, 4) is 0 Å². The van der Waals surface area contributed by atoms with E-state index in [1.807, 2.05) is 0 Å². The first-order valence-corrected chi connectivity index (χ1v) is 2.16. The molecule has 0 aromatic carbocycles. The predicted molar refractivity (Wildman–Crippen MR) is 29.6 cm³/mol. The Hall–Kier alpha value is 0.0400. The summed E-state index contributed by atoms with van der Waals surface area (Å²) in [5.74, 6) is 0. The summed E-state index contributed by atoms with van der Waals surface area (Å²) >= 11 is 0. The molecule has 1 atom stereocenters. The van der Waals surface area contributed by atoms with E-state index in [0.717, 1.165) is 6.92 Å². The molecule has 0 rings (SSSR count). The molecule has 58 valence electrons. The monoisotopic (exact) mass is 164 g/mol. The van der Waals surface area contributed by atoms with Crippen LogP contribution >= 0.6 is 12.4 Å². The van der Waals surface area contributed by atoms with Gasteiger partial charge in [0.1, 0.15) is 0 Å². The van der Waals surface area contributed by atoms with Crippen molar-refractivity contribution in [3.05, 3.63) is 0 Å². The van der Waals surface area contributed by atoms with Gasteiger partial charge in [0.25, 0.3) is 0 Å². The number of halogens is 4. The molecule has 0 saturated heterocycles. The highest BCUT2D eigenvalue weighted by molar-refractivity contribution is 5.85. The Kier molecular flexibility index (Phi) is 5.18. The average Bonchev–Trinajstić information content (AvgIpc) is 1.21. The second kappa shape index (κ2) is 3.95. The van der Waals surface area contributed by atoms with E-state index in [2.05, 4.69) is 0 Å². The molecule has 1 nitrogen and oxygen atoms in total. The molecule has 0 bridgehead atoms. The Morgan fingerprint density at radius 3 is 1.78 bits per heavy atom.